The molecule has 0 fully saturated rings. The van der Waals surface area contributed by atoms with Gasteiger partial charge in [0.2, 0.25) is 0 Å². The lowest BCUT2D eigenvalue weighted by molar-refractivity contribution is 0.340. The molecule has 1 atom stereocenters. The van der Waals surface area contributed by atoms with Gasteiger partial charge in [0.15, 0.2) is 0 Å². The zero-order valence-electron chi connectivity index (χ0n) is 11.0. The molecule has 0 radical (unpaired) electrons. The summed E-state index contributed by atoms with van der Waals surface area (Å²) in [6.45, 7) is 2.38. The fraction of sp³-hybridized carbons (Fsp3) is 0.200. The van der Waals surface area contributed by atoms with E-state index in [0.29, 0.717) is 38.0 Å². The zero-order chi connectivity index (χ0) is 15.6. The summed E-state index contributed by atoms with van der Waals surface area (Å²) in [6, 6.07) is 8.48. The Morgan fingerprint density at radius 3 is 2.10 bits per heavy atom. The van der Waals surface area contributed by atoms with Crippen LogP contribution in [0.5, 0.6) is 5.75 Å². The van der Waals surface area contributed by atoms with E-state index in [4.69, 9.17) is 62.7 Å². The maximum absolute atomic E-state index is 6.48. The van der Waals surface area contributed by atoms with Crippen molar-refractivity contribution in [2.45, 2.75) is 12.3 Å². The molecule has 2 aromatic rings. The van der Waals surface area contributed by atoms with Crippen LogP contribution in [-0.4, -0.2) is 6.61 Å². The molecule has 6 heteroatoms. The quantitative estimate of drug-likeness (QED) is 0.514. The molecule has 0 heterocycles. The second-order valence-electron chi connectivity index (χ2n) is 4.30. The van der Waals surface area contributed by atoms with E-state index in [0.717, 1.165) is 5.56 Å². The number of hydrogen-bond donors (Lipinski definition) is 0. The summed E-state index contributed by atoms with van der Waals surface area (Å²) in [4.78, 5) is 0. The van der Waals surface area contributed by atoms with Gasteiger partial charge in [0.05, 0.1) is 17.0 Å². The Morgan fingerprint density at radius 1 is 0.905 bits per heavy atom. The third-order valence-electron chi connectivity index (χ3n) is 2.80. The molecular formula is C15H11Cl5O. The molecular weight excluding hydrogens is 373 g/mol. The molecule has 0 spiro atoms. The van der Waals surface area contributed by atoms with Crippen molar-refractivity contribution in [3.8, 4) is 5.75 Å². The second kappa shape index (κ2) is 7.30. The van der Waals surface area contributed by atoms with Gasteiger partial charge in [-0.2, -0.15) is 0 Å². The lowest BCUT2D eigenvalue weighted by atomic mass is 10.0. The van der Waals surface area contributed by atoms with E-state index in [9.17, 15) is 0 Å². The van der Waals surface area contributed by atoms with Crippen LogP contribution < -0.4 is 4.74 Å². The van der Waals surface area contributed by atoms with Crippen molar-refractivity contribution in [3.05, 3.63) is 61.5 Å². The molecule has 0 amide bonds. The fourth-order valence-electron chi connectivity index (χ4n) is 1.91. The average Bonchev–Trinajstić information content (AvgIpc) is 2.41. The summed E-state index contributed by atoms with van der Waals surface area (Å²) in [6.07, 6.45) is 0. The summed E-state index contributed by atoms with van der Waals surface area (Å²) in [5.74, 6) is 0.529. The van der Waals surface area contributed by atoms with Crippen LogP contribution in [-0.2, 0) is 0 Å². The molecule has 1 nitrogen and oxygen atoms in total. The molecule has 21 heavy (non-hydrogen) atoms. The largest absolute Gasteiger partial charge is 0.492 e. The van der Waals surface area contributed by atoms with Crippen molar-refractivity contribution in [1.29, 1.82) is 0 Å². The molecule has 2 aromatic carbocycles. The van der Waals surface area contributed by atoms with Crippen LogP contribution in [0.15, 0.2) is 30.3 Å². The minimum atomic E-state index is -0.512. The third kappa shape index (κ3) is 4.12. The number of benzene rings is 2. The highest BCUT2D eigenvalue weighted by Crippen LogP contribution is 2.40. The van der Waals surface area contributed by atoms with Crippen LogP contribution in [0.2, 0.25) is 20.1 Å². The van der Waals surface area contributed by atoms with Gasteiger partial charge in [-0.3, -0.25) is 0 Å². The first-order chi connectivity index (χ1) is 9.92. The first-order valence-corrected chi connectivity index (χ1v) is 8.09. The Bertz CT molecular complexity index is 637. The lowest BCUT2D eigenvalue weighted by Gasteiger charge is -2.15. The number of rotatable bonds is 4. The van der Waals surface area contributed by atoms with Crippen LogP contribution in [0.1, 0.15) is 23.4 Å². The highest BCUT2D eigenvalue weighted by Gasteiger charge is 2.18. The van der Waals surface area contributed by atoms with Crippen molar-refractivity contribution in [2.75, 3.05) is 6.61 Å². The molecule has 0 saturated carbocycles. The van der Waals surface area contributed by atoms with Crippen LogP contribution >= 0.6 is 58.0 Å². The summed E-state index contributed by atoms with van der Waals surface area (Å²) in [7, 11) is 0. The number of hydrogen-bond acceptors (Lipinski definition) is 1. The summed E-state index contributed by atoms with van der Waals surface area (Å²) in [5.41, 5.74) is 1.42. The Labute approximate surface area is 148 Å². The van der Waals surface area contributed by atoms with Gasteiger partial charge in [-0.15, -0.1) is 11.6 Å². The summed E-state index contributed by atoms with van der Waals surface area (Å²) in [5, 5.41) is 1.43. The first-order valence-electron chi connectivity index (χ1n) is 6.14. The van der Waals surface area contributed by atoms with Crippen molar-refractivity contribution in [1.82, 2.24) is 0 Å². The Kier molecular flexibility index (Phi) is 5.93. The smallest absolute Gasteiger partial charge is 0.139 e. The Hall–Kier alpha value is -0.310. The van der Waals surface area contributed by atoms with Gasteiger partial charge in [-0.25, -0.2) is 0 Å². The van der Waals surface area contributed by atoms with Gasteiger partial charge in [-0.1, -0.05) is 46.4 Å². The maximum atomic E-state index is 6.48. The van der Waals surface area contributed by atoms with Crippen molar-refractivity contribution in [3.63, 3.8) is 0 Å². The molecule has 0 N–H and O–H groups in total. The Balaban J connectivity index is 2.43. The molecule has 1 unspecified atom stereocenters. The summed E-state index contributed by atoms with van der Waals surface area (Å²) >= 11 is 30.9. The van der Waals surface area contributed by atoms with Crippen LogP contribution in [0, 0.1) is 0 Å². The van der Waals surface area contributed by atoms with Gasteiger partial charge >= 0.3 is 0 Å². The third-order valence-corrected chi connectivity index (χ3v) is 4.35. The van der Waals surface area contributed by atoms with Crippen LogP contribution in [0.3, 0.4) is 0 Å². The van der Waals surface area contributed by atoms with E-state index in [2.05, 4.69) is 0 Å². The second-order valence-corrected chi connectivity index (χ2v) is 6.43. The molecule has 0 aliphatic rings. The van der Waals surface area contributed by atoms with Crippen LogP contribution in [0.25, 0.3) is 0 Å². The van der Waals surface area contributed by atoms with Gasteiger partial charge in [0, 0.05) is 21.1 Å². The standard InChI is InChI=1S/C15H11Cl5O/c1-2-21-14-7-12(18)11(6-13(14)19)15(20)8-3-9(16)5-10(17)4-8/h3-7,15H,2H2,1H3. The normalized spacial score (nSPS) is 12.3. The van der Waals surface area contributed by atoms with Crippen molar-refractivity contribution >= 4 is 58.0 Å². The van der Waals surface area contributed by atoms with Gasteiger partial charge in [0.1, 0.15) is 5.75 Å². The molecule has 2 rings (SSSR count). The molecule has 0 aliphatic carbocycles. The van der Waals surface area contributed by atoms with E-state index in [1.807, 2.05) is 6.92 Å². The molecule has 0 aromatic heterocycles. The predicted molar refractivity (Wildman–Crippen MR) is 91.8 cm³/mol. The minimum absolute atomic E-state index is 0.454. The van der Waals surface area contributed by atoms with Crippen LogP contribution in [0.4, 0.5) is 0 Å². The van der Waals surface area contributed by atoms with Gasteiger partial charge in [-0.05, 0) is 42.3 Å². The minimum Gasteiger partial charge on any atom is -0.492 e. The van der Waals surface area contributed by atoms with Crippen molar-refractivity contribution < 1.29 is 4.74 Å². The maximum Gasteiger partial charge on any atom is 0.139 e. The zero-order valence-corrected chi connectivity index (χ0v) is 14.7. The van der Waals surface area contributed by atoms with E-state index >= 15 is 0 Å². The monoisotopic (exact) mass is 382 g/mol. The Morgan fingerprint density at radius 2 is 1.52 bits per heavy atom. The summed E-state index contributed by atoms with van der Waals surface area (Å²) < 4.78 is 5.39. The van der Waals surface area contributed by atoms with Crippen molar-refractivity contribution in [2.24, 2.45) is 0 Å². The molecule has 0 saturated heterocycles. The molecule has 0 aliphatic heterocycles. The molecule has 0 bridgehead atoms. The van der Waals surface area contributed by atoms with E-state index < -0.39 is 5.38 Å². The highest BCUT2D eigenvalue weighted by atomic mass is 35.5. The number of ether oxygens (including phenoxy) is 1. The van der Waals surface area contributed by atoms with Gasteiger partial charge in [0.25, 0.3) is 0 Å². The molecule has 112 valence electrons. The number of alkyl halides is 1. The average molecular weight is 385 g/mol. The van der Waals surface area contributed by atoms with E-state index in [1.165, 1.54) is 0 Å². The van der Waals surface area contributed by atoms with Gasteiger partial charge < -0.3 is 4.74 Å². The van der Waals surface area contributed by atoms with E-state index in [1.54, 1.807) is 30.3 Å². The van der Waals surface area contributed by atoms with E-state index in [-0.39, 0.29) is 0 Å². The lowest BCUT2D eigenvalue weighted by Crippen LogP contribution is -1.98. The highest BCUT2D eigenvalue weighted by molar-refractivity contribution is 6.36. The number of halogens is 5. The fourth-order valence-corrected chi connectivity index (χ4v) is 3.30. The SMILES string of the molecule is CCOc1cc(Cl)c(C(Cl)c2cc(Cl)cc(Cl)c2)cc1Cl. The first kappa shape index (κ1) is 17.1. The predicted octanol–water partition coefficient (Wildman–Crippen LogP) is 7.03. The topological polar surface area (TPSA) is 9.23 Å².